The number of carbonyl (C=O) groups excluding carboxylic acids is 1. The molecule has 0 rings (SSSR count). The third-order valence-corrected chi connectivity index (χ3v) is 7.97. The van der Waals surface area contributed by atoms with Crippen molar-refractivity contribution in [2.24, 2.45) is 0 Å². The third-order valence-electron chi connectivity index (χ3n) is 7.97. The second-order valence-electron chi connectivity index (χ2n) is 12.2. The van der Waals surface area contributed by atoms with Crippen molar-refractivity contribution < 1.29 is 25.2 Å². The van der Waals surface area contributed by atoms with E-state index in [2.05, 4.69) is 67.8 Å². The number of hydrogen-bond donors (Lipinski definition) is 5. The van der Waals surface area contributed by atoms with Crippen molar-refractivity contribution >= 4 is 5.91 Å². The standard InChI is InChI=1S/C38H69NO5/c1-3-5-7-9-11-13-15-16-17-18-19-20-22-23-25-27-29-31-35(41)37(43)34(33-40)39-38(44)36(42)32-30-28-26-24-21-14-12-10-8-6-4-2/h12-15,18-19,23,25,34-37,40-43H,3-11,16-17,20-22,24,26-33H2,1-2H3,(H,39,44)/b14-12-,15-13+,19-18+,25-23+. The highest BCUT2D eigenvalue weighted by Crippen LogP contribution is 2.12. The van der Waals surface area contributed by atoms with Crippen LogP contribution in [-0.4, -0.2) is 57.3 Å². The van der Waals surface area contributed by atoms with Gasteiger partial charge in [-0.1, -0.05) is 114 Å². The molecule has 6 heteroatoms. The molecule has 0 aliphatic heterocycles. The van der Waals surface area contributed by atoms with Gasteiger partial charge in [0, 0.05) is 0 Å². The number of allylic oxidation sites excluding steroid dienone is 8. The highest BCUT2D eigenvalue weighted by Gasteiger charge is 2.28. The fourth-order valence-electron chi connectivity index (χ4n) is 5.02. The van der Waals surface area contributed by atoms with Crippen LogP contribution in [0.5, 0.6) is 0 Å². The Bertz CT molecular complexity index is 748. The summed E-state index contributed by atoms with van der Waals surface area (Å²) in [6.07, 6.45) is 37.0. The van der Waals surface area contributed by atoms with Crippen LogP contribution in [0.2, 0.25) is 0 Å². The van der Waals surface area contributed by atoms with Crippen LogP contribution in [-0.2, 0) is 4.79 Å². The number of carbonyl (C=O) groups is 1. The minimum atomic E-state index is -1.30. The lowest BCUT2D eigenvalue weighted by Gasteiger charge is -2.27. The molecule has 256 valence electrons. The first-order valence-electron chi connectivity index (χ1n) is 18.0. The summed E-state index contributed by atoms with van der Waals surface area (Å²) in [5, 5.41) is 43.3. The van der Waals surface area contributed by atoms with E-state index in [1.165, 1.54) is 51.4 Å². The number of unbranched alkanes of at least 4 members (excludes halogenated alkanes) is 14. The van der Waals surface area contributed by atoms with Crippen LogP contribution in [0.1, 0.15) is 155 Å². The molecule has 0 aliphatic rings. The summed E-state index contributed by atoms with van der Waals surface area (Å²) < 4.78 is 0. The molecule has 4 atom stereocenters. The maximum atomic E-state index is 12.4. The second kappa shape index (κ2) is 32.7. The predicted octanol–water partition coefficient (Wildman–Crippen LogP) is 8.39. The first-order valence-corrected chi connectivity index (χ1v) is 18.0. The van der Waals surface area contributed by atoms with Gasteiger partial charge in [-0.25, -0.2) is 0 Å². The minimum Gasteiger partial charge on any atom is -0.394 e. The van der Waals surface area contributed by atoms with Gasteiger partial charge in [0.25, 0.3) is 0 Å². The fraction of sp³-hybridized carbons (Fsp3) is 0.763. The molecule has 6 nitrogen and oxygen atoms in total. The van der Waals surface area contributed by atoms with Gasteiger partial charge in [-0.3, -0.25) is 4.79 Å². The number of hydrogen-bond acceptors (Lipinski definition) is 5. The van der Waals surface area contributed by atoms with Gasteiger partial charge in [-0.2, -0.15) is 0 Å². The summed E-state index contributed by atoms with van der Waals surface area (Å²) >= 11 is 0. The third kappa shape index (κ3) is 26.7. The quantitative estimate of drug-likeness (QED) is 0.0395. The van der Waals surface area contributed by atoms with E-state index in [0.717, 1.165) is 70.6 Å². The van der Waals surface area contributed by atoms with Crippen LogP contribution in [0.4, 0.5) is 0 Å². The number of nitrogens with one attached hydrogen (secondary N) is 1. The lowest BCUT2D eigenvalue weighted by atomic mass is 10.00. The van der Waals surface area contributed by atoms with Crippen molar-refractivity contribution in [2.45, 2.75) is 179 Å². The average molecular weight is 620 g/mol. The van der Waals surface area contributed by atoms with Gasteiger partial charge in [0.15, 0.2) is 0 Å². The Morgan fingerprint density at radius 3 is 1.45 bits per heavy atom. The zero-order valence-electron chi connectivity index (χ0n) is 28.4. The molecule has 0 aliphatic carbocycles. The Balaban J connectivity index is 3.96. The SMILES string of the molecule is CCCCC/C=C\CCCCCCC(O)C(=O)NC(CO)C(O)C(O)CCC/C=C/CC/C=C/CC/C=C/CCCCCC. The van der Waals surface area contributed by atoms with E-state index in [-0.39, 0.29) is 0 Å². The zero-order chi connectivity index (χ0) is 32.5. The molecular formula is C38H69NO5. The topological polar surface area (TPSA) is 110 Å². The first kappa shape index (κ1) is 42.3. The average Bonchev–Trinajstić information content (AvgIpc) is 3.03. The van der Waals surface area contributed by atoms with E-state index in [9.17, 15) is 25.2 Å². The molecule has 0 aromatic rings. The van der Waals surface area contributed by atoms with Gasteiger partial charge in [-0.15, -0.1) is 0 Å². The molecule has 0 aromatic heterocycles. The summed E-state index contributed by atoms with van der Waals surface area (Å²) in [5.41, 5.74) is 0. The molecule has 1 amide bonds. The molecule has 0 radical (unpaired) electrons. The van der Waals surface area contributed by atoms with Crippen molar-refractivity contribution in [3.8, 4) is 0 Å². The van der Waals surface area contributed by atoms with Crippen LogP contribution in [0.15, 0.2) is 48.6 Å². The first-order chi connectivity index (χ1) is 21.5. The molecule has 0 heterocycles. The smallest absolute Gasteiger partial charge is 0.249 e. The summed E-state index contributed by atoms with van der Waals surface area (Å²) in [6, 6.07) is -1.01. The lowest BCUT2D eigenvalue weighted by molar-refractivity contribution is -0.132. The van der Waals surface area contributed by atoms with Crippen LogP contribution >= 0.6 is 0 Å². The van der Waals surface area contributed by atoms with E-state index in [1.807, 2.05) is 0 Å². The molecular weight excluding hydrogens is 550 g/mol. The number of aliphatic hydroxyl groups is 4. The predicted molar refractivity (Wildman–Crippen MR) is 187 cm³/mol. The van der Waals surface area contributed by atoms with E-state index < -0.39 is 36.9 Å². The van der Waals surface area contributed by atoms with Crippen LogP contribution < -0.4 is 5.32 Å². The Morgan fingerprint density at radius 1 is 0.545 bits per heavy atom. The Hall–Kier alpha value is -1.73. The molecule has 0 saturated heterocycles. The summed E-state index contributed by atoms with van der Waals surface area (Å²) in [4.78, 5) is 12.4. The van der Waals surface area contributed by atoms with Crippen LogP contribution in [0.25, 0.3) is 0 Å². The van der Waals surface area contributed by atoms with E-state index in [1.54, 1.807) is 0 Å². The van der Waals surface area contributed by atoms with E-state index >= 15 is 0 Å². The Kier molecular flexibility index (Phi) is 31.4. The van der Waals surface area contributed by atoms with Crippen molar-refractivity contribution in [2.75, 3.05) is 6.61 Å². The van der Waals surface area contributed by atoms with Gasteiger partial charge in [0.2, 0.25) is 5.91 Å². The van der Waals surface area contributed by atoms with Crippen molar-refractivity contribution in [3.63, 3.8) is 0 Å². The molecule has 4 unspecified atom stereocenters. The monoisotopic (exact) mass is 620 g/mol. The van der Waals surface area contributed by atoms with E-state index in [0.29, 0.717) is 19.3 Å². The van der Waals surface area contributed by atoms with Gasteiger partial charge in [-0.05, 0) is 89.9 Å². The molecule has 44 heavy (non-hydrogen) atoms. The Labute approximate surface area is 270 Å². The van der Waals surface area contributed by atoms with Crippen molar-refractivity contribution in [1.82, 2.24) is 5.32 Å². The van der Waals surface area contributed by atoms with E-state index in [4.69, 9.17) is 0 Å². The molecule has 0 bridgehead atoms. The van der Waals surface area contributed by atoms with Crippen molar-refractivity contribution in [3.05, 3.63) is 48.6 Å². The molecule has 0 aromatic carbocycles. The van der Waals surface area contributed by atoms with Crippen LogP contribution in [0.3, 0.4) is 0 Å². The summed E-state index contributed by atoms with van der Waals surface area (Å²) in [5.74, 6) is -0.614. The summed E-state index contributed by atoms with van der Waals surface area (Å²) in [6.45, 7) is 3.94. The number of amides is 1. The molecule has 0 saturated carbocycles. The lowest BCUT2D eigenvalue weighted by Crippen LogP contribution is -2.53. The molecule has 5 N–H and O–H groups in total. The second-order valence-corrected chi connectivity index (χ2v) is 12.2. The maximum Gasteiger partial charge on any atom is 0.249 e. The van der Waals surface area contributed by atoms with Gasteiger partial charge >= 0.3 is 0 Å². The highest BCUT2D eigenvalue weighted by atomic mass is 16.3. The number of aliphatic hydroxyl groups excluding tert-OH is 4. The molecule has 0 spiro atoms. The largest absolute Gasteiger partial charge is 0.394 e. The maximum absolute atomic E-state index is 12.4. The van der Waals surface area contributed by atoms with Crippen LogP contribution in [0, 0.1) is 0 Å². The van der Waals surface area contributed by atoms with Crippen molar-refractivity contribution in [1.29, 1.82) is 0 Å². The molecule has 0 fully saturated rings. The van der Waals surface area contributed by atoms with Gasteiger partial charge in [0.1, 0.15) is 12.2 Å². The number of rotatable bonds is 31. The van der Waals surface area contributed by atoms with Gasteiger partial charge in [0.05, 0.1) is 18.8 Å². The summed E-state index contributed by atoms with van der Waals surface area (Å²) in [7, 11) is 0. The normalized spacial score (nSPS) is 15.1. The highest BCUT2D eigenvalue weighted by molar-refractivity contribution is 5.80. The fourth-order valence-corrected chi connectivity index (χ4v) is 5.02. The van der Waals surface area contributed by atoms with Gasteiger partial charge < -0.3 is 25.7 Å². The minimum absolute atomic E-state index is 0.341. The Morgan fingerprint density at radius 2 is 0.955 bits per heavy atom. The zero-order valence-corrected chi connectivity index (χ0v) is 28.4.